The first-order valence-electron chi connectivity index (χ1n) is 28.4. The number of rotatable bonds is 35. The molecule has 0 radical (unpaired) electrons. The number of aryl methyl sites for hydroxylation is 3. The van der Waals surface area contributed by atoms with Crippen LogP contribution in [0, 0.1) is 20.8 Å². The Kier molecular flexibility index (Phi) is 26.5. The summed E-state index contributed by atoms with van der Waals surface area (Å²) in [6.45, 7) is 2.63. The fourth-order valence-electron chi connectivity index (χ4n) is 9.91. The average molecular weight is 1250 g/mol. The van der Waals surface area contributed by atoms with Gasteiger partial charge >= 0.3 is 29.8 Å². The number of aliphatic hydroxyl groups is 6. The summed E-state index contributed by atoms with van der Waals surface area (Å²) < 4.78 is 77.0. The Labute approximate surface area is 516 Å². The molecule has 3 atom stereocenters. The maximum absolute atomic E-state index is 14.8. The predicted molar refractivity (Wildman–Crippen MR) is 319 cm³/mol. The van der Waals surface area contributed by atoms with Gasteiger partial charge in [-0.2, -0.15) is 0 Å². The molecule has 0 amide bonds. The first-order valence-corrected chi connectivity index (χ1v) is 28.4. The molecule has 0 aliphatic carbocycles. The van der Waals surface area contributed by atoms with E-state index < -0.39 is 126 Å². The summed E-state index contributed by atoms with van der Waals surface area (Å²) >= 11 is 0. The molecule has 0 heterocycles. The van der Waals surface area contributed by atoms with Gasteiger partial charge in [-0.1, -0.05) is 39.0 Å². The van der Waals surface area contributed by atoms with E-state index >= 15 is 0 Å². The summed E-state index contributed by atoms with van der Waals surface area (Å²) in [6.07, 6.45) is -0.368. The van der Waals surface area contributed by atoms with E-state index in [0.29, 0.717) is 22.3 Å². The van der Waals surface area contributed by atoms with Gasteiger partial charge < -0.3 is 92.2 Å². The van der Waals surface area contributed by atoms with Crippen molar-refractivity contribution < 1.29 is 116 Å². The van der Waals surface area contributed by atoms with Crippen LogP contribution in [0.2, 0.25) is 0 Å². The van der Waals surface area contributed by atoms with E-state index in [0.717, 1.165) is 0 Å². The minimum absolute atomic E-state index is 0.0106. The zero-order valence-electron chi connectivity index (χ0n) is 52.4. The average Bonchev–Trinajstić information content (AvgIpc) is 1.43. The van der Waals surface area contributed by atoms with Crippen molar-refractivity contribution in [1.82, 2.24) is 0 Å². The third kappa shape index (κ3) is 17.2. The standard InChI is InChI=1S/C65H82O24/c1-13-63(87-60(74)54-42(27-67)16-38(4)19-48(54)78-8,32-83-34-64(14-2,88-61(75)55-43(28-68)17-39(5)20-49(55)79-9)36-85-58(72)53-45(30-70)24-47(77-7)25-46(53)31-71)33-84-35-65(15-3,89-62(76)56-44(29-69)18-40(6)21-50(56)80-10)37-86-59(73)57-51(81-11)22-41(26-66)23-52(57)82-12/h16-25,66-71H,13-15,26-37H2,1-12H3. The largest absolute Gasteiger partial charge is 0.497 e. The molecule has 89 heavy (non-hydrogen) atoms. The number of hydrogen-bond donors (Lipinski definition) is 6. The maximum atomic E-state index is 14.8. The highest BCUT2D eigenvalue weighted by molar-refractivity contribution is 5.98. The van der Waals surface area contributed by atoms with Crippen LogP contribution in [0.15, 0.2) is 60.7 Å². The molecule has 0 aliphatic rings. The third-order valence-corrected chi connectivity index (χ3v) is 15.0. The Balaban J connectivity index is 1.63. The van der Waals surface area contributed by atoms with Crippen molar-refractivity contribution in [3.05, 3.63) is 139 Å². The second kappa shape index (κ2) is 33.0. The van der Waals surface area contributed by atoms with Gasteiger partial charge in [-0.15, -0.1) is 0 Å². The van der Waals surface area contributed by atoms with E-state index in [-0.39, 0.29) is 109 Å². The summed E-state index contributed by atoms with van der Waals surface area (Å²) in [4.78, 5) is 72.4. The maximum Gasteiger partial charge on any atom is 0.345 e. The number of ether oxygens (including phenoxy) is 13. The topological polar surface area (TPSA) is 327 Å². The van der Waals surface area contributed by atoms with Crippen LogP contribution in [0.1, 0.15) is 142 Å². The van der Waals surface area contributed by atoms with Gasteiger partial charge in [0.15, 0.2) is 16.8 Å². The molecule has 0 saturated heterocycles. The Morgan fingerprint density at radius 1 is 0.337 bits per heavy atom. The zero-order valence-corrected chi connectivity index (χ0v) is 52.4. The molecule has 0 bridgehead atoms. The molecular formula is C65H82O24. The lowest BCUT2D eigenvalue weighted by atomic mass is 9.98. The van der Waals surface area contributed by atoms with Gasteiger partial charge in [0.05, 0.1) is 114 Å². The molecule has 0 fully saturated rings. The number of carbonyl (C=O) groups is 5. The highest BCUT2D eigenvalue weighted by atomic mass is 16.6. The minimum Gasteiger partial charge on any atom is -0.497 e. The van der Waals surface area contributed by atoms with Crippen molar-refractivity contribution >= 4 is 29.8 Å². The van der Waals surface area contributed by atoms with Crippen molar-refractivity contribution in [2.45, 2.75) is 117 Å². The Morgan fingerprint density at radius 3 is 0.888 bits per heavy atom. The monoisotopic (exact) mass is 1250 g/mol. The van der Waals surface area contributed by atoms with E-state index in [1.54, 1.807) is 77.9 Å². The summed E-state index contributed by atoms with van der Waals surface area (Å²) in [5, 5.41) is 62.2. The smallest absolute Gasteiger partial charge is 0.345 e. The van der Waals surface area contributed by atoms with E-state index in [1.807, 2.05) is 0 Å². The van der Waals surface area contributed by atoms with Crippen molar-refractivity contribution in [2.24, 2.45) is 0 Å². The summed E-state index contributed by atoms with van der Waals surface area (Å²) in [7, 11) is 7.95. The number of esters is 5. The first kappa shape index (κ1) is 71.7. The lowest BCUT2D eigenvalue weighted by molar-refractivity contribution is -0.155. The van der Waals surface area contributed by atoms with Crippen LogP contribution in [0.4, 0.5) is 0 Å². The van der Waals surface area contributed by atoms with Crippen molar-refractivity contribution in [2.75, 3.05) is 82.3 Å². The van der Waals surface area contributed by atoms with Gasteiger partial charge in [-0.25, -0.2) is 24.0 Å². The molecule has 0 aromatic heterocycles. The number of carbonyl (C=O) groups excluding carboxylic acids is 5. The SMILES string of the molecule is CCC(COCC(CC)(COC(=O)c1c(CO)cc(OC)cc1CO)OC(=O)c1c(CO)cc(C)cc1OC)(COCC(CC)(COC(=O)c1c(OC)cc(CO)cc1OC)OC(=O)c1c(CO)cc(C)cc1OC)OC(=O)c1c(CO)cc(C)cc1OC. The molecular weight excluding hydrogens is 1160 g/mol. The number of methoxy groups -OCH3 is 6. The van der Waals surface area contributed by atoms with Gasteiger partial charge in [0.1, 0.15) is 70.0 Å². The summed E-state index contributed by atoms with van der Waals surface area (Å²) in [5.74, 6) is -4.70. The molecule has 5 aromatic carbocycles. The molecule has 5 rings (SSSR count). The van der Waals surface area contributed by atoms with Crippen LogP contribution in [0.5, 0.6) is 34.5 Å². The fourth-order valence-corrected chi connectivity index (χ4v) is 9.91. The van der Waals surface area contributed by atoms with Crippen molar-refractivity contribution in [3.8, 4) is 34.5 Å². The zero-order chi connectivity index (χ0) is 65.8. The van der Waals surface area contributed by atoms with E-state index in [9.17, 15) is 54.6 Å². The first-order chi connectivity index (χ1) is 42.6. The van der Waals surface area contributed by atoms with Gasteiger partial charge in [0.2, 0.25) is 0 Å². The molecule has 6 N–H and O–H groups in total. The van der Waals surface area contributed by atoms with Crippen LogP contribution in [0.25, 0.3) is 0 Å². The van der Waals surface area contributed by atoms with Crippen LogP contribution in [0.3, 0.4) is 0 Å². The molecule has 486 valence electrons. The molecule has 3 unspecified atom stereocenters. The number of aliphatic hydroxyl groups excluding tert-OH is 6. The Bertz CT molecular complexity index is 2980. The quantitative estimate of drug-likeness (QED) is 0.0182. The van der Waals surface area contributed by atoms with Crippen LogP contribution in [-0.2, 0) is 72.8 Å². The van der Waals surface area contributed by atoms with E-state index in [2.05, 4.69) is 0 Å². The van der Waals surface area contributed by atoms with Gasteiger partial charge in [0, 0.05) is 0 Å². The van der Waals surface area contributed by atoms with E-state index in [1.165, 1.54) is 66.9 Å². The molecule has 24 nitrogen and oxygen atoms in total. The van der Waals surface area contributed by atoms with Gasteiger partial charge in [-0.3, -0.25) is 0 Å². The van der Waals surface area contributed by atoms with Gasteiger partial charge in [0.25, 0.3) is 0 Å². The molecule has 24 heteroatoms. The molecule has 5 aromatic rings. The van der Waals surface area contributed by atoms with Gasteiger partial charge in [-0.05, 0) is 133 Å². The highest BCUT2D eigenvalue weighted by Crippen LogP contribution is 2.36. The summed E-state index contributed by atoms with van der Waals surface area (Å²) in [5.41, 5.74) is -3.71. The fraction of sp³-hybridized carbons (Fsp3) is 0.462. The molecule has 0 aliphatic heterocycles. The molecule has 0 spiro atoms. The van der Waals surface area contributed by atoms with Crippen LogP contribution >= 0.6 is 0 Å². The highest BCUT2D eigenvalue weighted by Gasteiger charge is 2.44. The lowest BCUT2D eigenvalue weighted by Gasteiger charge is -2.37. The number of benzene rings is 5. The third-order valence-electron chi connectivity index (χ3n) is 15.0. The Morgan fingerprint density at radius 2 is 0.618 bits per heavy atom. The number of hydrogen-bond acceptors (Lipinski definition) is 24. The van der Waals surface area contributed by atoms with Crippen LogP contribution < -0.4 is 28.4 Å². The van der Waals surface area contributed by atoms with Crippen molar-refractivity contribution in [3.63, 3.8) is 0 Å². The minimum atomic E-state index is -1.93. The normalized spacial score (nSPS) is 13.2. The lowest BCUT2D eigenvalue weighted by Crippen LogP contribution is -2.50. The predicted octanol–water partition coefficient (Wildman–Crippen LogP) is 6.68. The summed E-state index contributed by atoms with van der Waals surface area (Å²) in [6, 6.07) is 15.0. The Hall–Kier alpha value is -8.07. The molecule has 0 saturated carbocycles. The second-order valence-electron chi connectivity index (χ2n) is 21.1. The van der Waals surface area contributed by atoms with E-state index in [4.69, 9.17) is 61.6 Å². The van der Waals surface area contributed by atoms with Crippen molar-refractivity contribution in [1.29, 1.82) is 0 Å². The second-order valence-corrected chi connectivity index (χ2v) is 21.1. The van der Waals surface area contributed by atoms with Crippen LogP contribution in [-0.4, -0.2) is 160 Å².